The Kier molecular flexibility index (Phi) is 12.0. The molecule has 0 radical (unpaired) electrons. The van der Waals surface area contributed by atoms with E-state index in [1.165, 1.54) is 0 Å². The summed E-state index contributed by atoms with van der Waals surface area (Å²) in [6, 6.07) is 41.6. The van der Waals surface area contributed by atoms with Gasteiger partial charge in [0.05, 0.1) is 0 Å². The van der Waals surface area contributed by atoms with Gasteiger partial charge in [-0.25, -0.2) is 23.2 Å². The summed E-state index contributed by atoms with van der Waals surface area (Å²) in [6.07, 6.45) is 12.6. The van der Waals surface area contributed by atoms with Gasteiger partial charge in [-0.1, -0.05) is 5.75 Å². The smallest absolute Gasteiger partial charge is 0.669 e. The molecule has 5 aromatic rings. The third kappa shape index (κ3) is 8.13. The van der Waals surface area contributed by atoms with Crippen LogP contribution in [0.3, 0.4) is 0 Å². The van der Waals surface area contributed by atoms with Crippen molar-refractivity contribution in [1.82, 2.24) is 14.5 Å². The normalized spacial score (nSPS) is 11.5. The van der Waals surface area contributed by atoms with Gasteiger partial charge in [0, 0.05) is 38.2 Å². The van der Waals surface area contributed by atoms with Crippen molar-refractivity contribution in [2.75, 3.05) is 11.9 Å². The predicted octanol–water partition coefficient (Wildman–Crippen LogP) is 7.05. The molecule has 3 aromatic carbocycles. The first kappa shape index (κ1) is 32.7. The van der Waals surface area contributed by atoms with Gasteiger partial charge in [0.1, 0.15) is 0 Å². The van der Waals surface area contributed by atoms with E-state index in [1.54, 1.807) is 16.8 Å². The second kappa shape index (κ2) is 15.4. The number of aryl methyl sites for hydroxylation is 2. The summed E-state index contributed by atoms with van der Waals surface area (Å²) >= 11 is 0. The summed E-state index contributed by atoms with van der Waals surface area (Å²) in [4.78, 5) is 8.39. The van der Waals surface area contributed by atoms with Crippen molar-refractivity contribution >= 4 is 5.69 Å². The fourth-order valence-electron chi connectivity index (χ4n) is 4.02. The molecule has 0 spiro atoms. The summed E-state index contributed by atoms with van der Waals surface area (Å²) in [5.74, 6) is 1.17. The van der Waals surface area contributed by atoms with Crippen LogP contribution in [0, 0.1) is 63.3 Å². The van der Waals surface area contributed by atoms with Crippen LogP contribution in [-0.4, -0.2) is 21.5 Å². The van der Waals surface area contributed by atoms with Gasteiger partial charge < -0.3 is 42.1 Å². The molecule has 0 aliphatic carbocycles. The first-order valence-corrected chi connectivity index (χ1v) is 12.6. The Morgan fingerprint density at radius 2 is 1.62 bits per heavy atom. The predicted molar refractivity (Wildman–Crippen MR) is 156 cm³/mol. The molecule has 0 saturated carbocycles. The number of nitrogens with zero attached hydrogens (tertiary/aromatic N) is 4. The summed E-state index contributed by atoms with van der Waals surface area (Å²) in [7, 11) is 1.98. The molecule has 0 bridgehead atoms. The third-order valence-electron chi connectivity index (χ3n) is 6.05. The standard InChI is InChI=1S/C27H17N3O.C8H8N.2Pt/c1-29-15-16-30(20-29)24-10-6-12-26(19-24)31-25-11-5-9-23(17-25)27-18-22(13-14-28-27)21-7-3-2-4-8-21;1-4-9-7(2)5-6-8(9)3;;/h2-7,10-16,20H,1H3;5-6H,2-3H3;;/q-6;-1;;+4. The van der Waals surface area contributed by atoms with Crippen molar-refractivity contribution in [3.63, 3.8) is 0 Å². The third-order valence-corrected chi connectivity index (χ3v) is 6.05. The van der Waals surface area contributed by atoms with E-state index in [-0.39, 0.29) is 42.1 Å². The minimum absolute atomic E-state index is 0. The van der Waals surface area contributed by atoms with Crippen LogP contribution in [0.15, 0.2) is 91.4 Å². The molecule has 6 rings (SSSR count). The Morgan fingerprint density at radius 3 is 2.29 bits per heavy atom. The molecular formula is C35H25N4OPt2-3. The van der Waals surface area contributed by atoms with E-state index in [9.17, 15) is 0 Å². The van der Waals surface area contributed by atoms with Gasteiger partial charge in [-0.3, -0.25) is 12.1 Å². The van der Waals surface area contributed by atoms with Crippen LogP contribution in [0.5, 0.6) is 11.5 Å². The fourth-order valence-corrected chi connectivity index (χ4v) is 4.02. The summed E-state index contributed by atoms with van der Waals surface area (Å²) in [6.45, 7) is 5.87. The van der Waals surface area contributed by atoms with Gasteiger partial charge in [-0.15, -0.1) is 30.0 Å². The van der Waals surface area contributed by atoms with Crippen LogP contribution >= 0.6 is 0 Å². The van der Waals surface area contributed by atoms with Gasteiger partial charge >= 0.3 is 21.1 Å². The van der Waals surface area contributed by atoms with E-state index in [1.807, 2.05) is 116 Å². The Bertz CT molecular complexity index is 1650. The summed E-state index contributed by atoms with van der Waals surface area (Å²) < 4.78 is 7.73. The van der Waals surface area contributed by atoms with Gasteiger partial charge in [-0.2, -0.15) is 54.8 Å². The fraction of sp³-hybridized carbons (Fsp3) is 0.0857. The quantitative estimate of drug-likeness (QED) is 0.140. The average molecular weight is 908 g/mol. The van der Waals surface area contributed by atoms with Crippen LogP contribution in [0.25, 0.3) is 22.4 Å². The number of pyridine rings is 1. The molecular weight excluding hydrogens is 883 g/mol. The molecule has 42 heavy (non-hydrogen) atoms. The van der Waals surface area contributed by atoms with E-state index in [4.69, 9.17) is 11.2 Å². The van der Waals surface area contributed by atoms with Crippen molar-refractivity contribution < 1.29 is 46.9 Å². The first-order valence-electron chi connectivity index (χ1n) is 12.6. The summed E-state index contributed by atoms with van der Waals surface area (Å²) in [5.41, 5.74) is 6.22. The number of aromatic nitrogens is 2. The van der Waals surface area contributed by atoms with Crippen molar-refractivity contribution in [1.29, 1.82) is 0 Å². The van der Waals surface area contributed by atoms with Crippen LogP contribution in [-0.2, 0) is 42.1 Å². The maximum Gasteiger partial charge on any atom is 4.00 e. The average Bonchev–Trinajstić information content (AvgIpc) is 3.58. The number of anilines is 1. The molecule has 0 fully saturated rings. The molecule has 0 unspecified atom stereocenters. The van der Waals surface area contributed by atoms with E-state index in [0.717, 1.165) is 28.2 Å². The molecule has 3 heterocycles. The van der Waals surface area contributed by atoms with Crippen LogP contribution < -0.4 is 9.64 Å². The van der Waals surface area contributed by atoms with Crippen molar-refractivity contribution in [2.24, 2.45) is 0 Å². The molecule has 2 aromatic heterocycles. The number of benzene rings is 3. The Labute approximate surface area is 277 Å². The summed E-state index contributed by atoms with van der Waals surface area (Å²) in [5, 5.41) is 0. The maximum atomic E-state index is 6.86. The van der Waals surface area contributed by atoms with Crippen LogP contribution in [0.1, 0.15) is 11.4 Å². The minimum Gasteiger partial charge on any atom is -0.669 e. The SMILES string of the molecule is CN1C=CN(c2[c-]c(Oc3[c-]c(-c4[c-]c(-c5[c-]cccc5)ccn4)[c-]cc3)ccc2)[CH-]1.[C-]#Cn1c(C)ccc1C.[Pt+4].[Pt]. The molecule has 214 valence electrons. The molecule has 0 N–H and O–H groups in total. The number of ether oxygens (including phenoxy) is 1. The van der Waals surface area contributed by atoms with Gasteiger partial charge in [-0.05, 0) is 51.6 Å². The molecule has 7 heteroatoms. The Balaban J connectivity index is 0.000000380. The monoisotopic (exact) mass is 907 g/mol. The molecule has 1 aliphatic heterocycles. The minimum atomic E-state index is 0. The number of hydrogen-bond acceptors (Lipinski definition) is 4. The largest absolute Gasteiger partial charge is 4.00 e. The second-order valence-electron chi connectivity index (χ2n) is 9.00. The maximum absolute atomic E-state index is 6.86. The van der Waals surface area contributed by atoms with Crippen molar-refractivity contribution in [3.8, 4) is 39.9 Å². The second-order valence-corrected chi connectivity index (χ2v) is 9.00. The van der Waals surface area contributed by atoms with Gasteiger partial charge in [0.25, 0.3) is 0 Å². The van der Waals surface area contributed by atoms with Gasteiger partial charge in [0.2, 0.25) is 0 Å². The zero-order chi connectivity index (χ0) is 27.9. The van der Waals surface area contributed by atoms with Crippen molar-refractivity contribution in [3.05, 3.63) is 146 Å². The molecule has 1 aliphatic rings. The van der Waals surface area contributed by atoms with E-state index in [0.29, 0.717) is 22.8 Å². The zero-order valence-electron chi connectivity index (χ0n) is 23.1. The Hall–Kier alpha value is -3.83. The molecule has 0 atom stereocenters. The van der Waals surface area contributed by atoms with Crippen molar-refractivity contribution in [2.45, 2.75) is 13.8 Å². The zero-order valence-corrected chi connectivity index (χ0v) is 27.6. The number of hydrogen-bond donors (Lipinski definition) is 0. The van der Waals surface area contributed by atoms with E-state index >= 15 is 0 Å². The Morgan fingerprint density at radius 1 is 0.833 bits per heavy atom. The number of rotatable bonds is 5. The topological polar surface area (TPSA) is 33.5 Å². The first-order chi connectivity index (χ1) is 19.5. The molecule has 0 saturated heterocycles. The van der Waals surface area contributed by atoms with Gasteiger partial charge in [0.15, 0.2) is 0 Å². The van der Waals surface area contributed by atoms with E-state index in [2.05, 4.69) is 41.4 Å². The molecule has 5 nitrogen and oxygen atoms in total. The van der Waals surface area contributed by atoms with E-state index < -0.39 is 0 Å². The van der Waals surface area contributed by atoms with Crippen LogP contribution in [0.2, 0.25) is 0 Å². The molecule has 0 amide bonds. The van der Waals surface area contributed by atoms with Crippen LogP contribution in [0.4, 0.5) is 5.69 Å².